The molecule has 1 heterocycles. The minimum atomic E-state index is -0.942. The van der Waals surface area contributed by atoms with Gasteiger partial charge in [0.25, 0.3) is 0 Å². The summed E-state index contributed by atoms with van der Waals surface area (Å²) in [6.45, 7) is 0. The summed E-state index contributed by atoms with van der Waals surface area (Å²) in [4.78, 5) is 24.0. The number of nitrogens with zero attached hydrogens (tertiary/aromatic N) is 1. The first-order chi connectivity index (χ1) is 7.61. The summed E-state index contributed by atoms with van der Waals surface area (Å²) in [6, 6.07) is 8.59. The van der Waals surface area contributed by atoms with Gasteiger partial charge in [-0.3, -0.25) is 4.79 Å². The normalized spacial score (nSPS) is 24.8. The molecule has 4 heteroatoms. The van der Waals surface area contributed by atoms with E-state index in [0.717, 1.165) is 5.56 Å². The second-order valence-electron chi connectivity index (χ2n) is 4.01. The van der Waals surface area contributed by atoms with Crippen molar-refractivity contribution in [2.45, 2.75) is 18.4 Å². The van der Waals surface area contributed by atoms with E-state index in [1.54, 1.807) is 7.05 Å². The third kappa shape index (κ3) is 1.66. The van der Waals surface area contributed by atoms with Gasteiger partial charge in [-0.1, -0.05) is 30.3 Å². The highest BCUT2D eigenvalue weighted by atomic mass is 16.4. The second kappa shape index (κ2) is 3.96. The molecule has 1 aliphatic rings. The fourth-order valence-electron chi connectivity index (χ4n) is 2.21. The highest BCUT2D eigenvalue weighted by molar-refractivity contribution is 5.89. The van der Waals surface area contributed by atoms with Crippen molar-refractivity contribution in [1.82, 2.24) is 4.90 Å². The van der Waals surface area contributed by atoms with Gasteiger partial charge < -0.3 is 10.0 Å². The number of hydrogen-bond donors (Lipinski definition) is 1. The van der Waals surface area contributed by atoms with Crippen molar-refractivity contribution in [3.8, 4) is 0 Å². The lowest BCUT2D eigenvalue weighted by Gasteiger charge is -2.20. The summed E-state index contributed by atoms with van der Waals surface area (Å²) in [7, 11) is 1.55. The van der Waals surface area contributed by atoms with Crippen LogP contribution in [0.3, 0.4) is 0 Å². The Labute approximate surface area is 93.5 Å². The van der Waals surface area contributed by atoms with E-state index in [4.69, 9.17) is 5.11 Å². The number of likely N-dealkylation sites (tertiary alicyclic amines) is 1. The van der Waals surface area contributed by atoms with E-state index in [-0.39, 0.29) is 18.2 Å². The molecule has 2 rings (SSSR count). The van der Waals surface area contributed by atoms with Crippen LogP contribution in [0.1, 0.15) is 17.9 Å². The molecule has 1 aromatic rings. The molecular weight excluding hydrogens is 206 g/mol. The third-order valence-corrected chi connectivity index (χ3v) is 3.07. The summed E-state index contributed by atoms with van der Waals surface area (Å²) in [6.07, 6.45) is 0.275. The van der Waals surface area contributed by atoms with Crippen LogP contribution >= 0.6 is 0 Å². The maximum absolute atomic E-state index is 11.5. The van der Waals surface area contributed by atoms with Gasteiger partial charge in [0, 0.05) is 19.4 Å². The molecule has 1 amide bonds. The standard InChI is InChI=1S/C12H13NO3/c1-13-10(14)7-9(11(13)12(15)16)8-5-3-2-4-6-8/h2-6,9,11H,7H2,1H3,(H,15,16)/t9-,11+/m0/s1. The number of carboxylic acid groups (broad SMARTS) is 1. The molecule has 0 bridgehead atoms. The Morgan fingerprint density at radius 3 is 2.56 bits per heavy atom. The molecule has 0 aromatic heterocycles. The van der Waals surface area contributed by atoms with Crippen molar-refractivity contribution in [2.24, 2.45) is 0 Å². The maximum atomic E-state index is 11.5. The van der Waals surface area contributed by atoms with Gasteiger partial charge >= 0.3 is 5.97 Å². The summed E-state index contributed by atoms with van der Waals surface area (Å²) in [5, 5.41) is 9.14. The average molecular weight is 219 g/mol. The minimum Gasteiger partial charge on any atom is -0.480 e. The van der Waals surface area contributed by atoms with E-state index in [1.807, 2.05) is 30.3 Å². The van der Waals surface area contributed by atoms with E-state index in [9.17, 15) is 9.59 Å². The molecule has 0 unspecified atom stereocenters. The zero-order valence-electron chi connectivity index (χ0n) is 8.96. The topological polar surface area (TPSA) is 57.6 Å². The van der Waals surface area contributed by atoms with E-state index in [2.05, 4.69) is 0 Å². The van der Waals surface area contributed by atoms with Gasteiger partial charge in [-0.05, 0) is 5.56 Å². The number of carboxylic acids is 1. The molecule has 4 nitrogen and oxygen atoms in total. The van der Waals surface area contributed by atoms with Gasteiger partial charge in [-0.15, -0.1) is 0 Å². The minimum absolute atomic E-state index is 0.110. The van der Waals surface area contributed by atoms with Crippen molar-refractivity contribution in [3.63, 3.8) is 0 Å². The third-order valence-electron chi connectivity index (χ3n) is 3.07. The van der Waals surface area contributed by atoms with Crippen molar-refractivity contribution < 1.29 is 14.7 Å². The number of carbonyl (C=O) groups is 2. The molecule has 2 atom stereocenters. The van der Waals surface area contributed by atoms with E-state index < -0.39 is 12.0 Å². The van der Waals surface area contributed by atoms with Crippen LogP contribution in [0, 0.1) is 0 Å². The lowest BCUT2D eigenvalue weighted by Crippen LogP contribution is -2.37. The van der Waals surface area contributed by atoms with Crippen LogP contribution in [0.5, 0.6) is 0 Å². The summed E-state index contributed by atoms with van der Waals surface area (Å²) >= 11 is 0. The van der Waals surface area contributed by atoms with Gasteiger partial charge in [0.05, 0.1) is 0 Å². The molecule has 0 spiro atoms. The monoisotopic (exact) mass is 219 g/mol. The van der Waals surface area contributed by atoms with Gasteiger partial charge in [-0.25, -0.2) is 4.79 Å². The second-order valence-corrected chi connectivity index (χ2v) is 4.01. The number of hydrogen-bond acceptors (Lipinski definition) is 2. The Morgan fingerprint density at radius 1 is 1.38 bits per heavy atom. The van der Waals surface area contributed by atoms with E-state index >= 15 is 0 Å². The van der Waals surface area contributed by atoms with Gasteiger partial charge in [0.15, 0.2) is 0 Å². The molecule has 16 heavy (non-hydrogen) atoms. The molecule has 84 valence electrons. The first kappa shape index (κ1) is 10.7. The van der Waals surface area contributed by atoms with Gasteiger partial charge in [0.2, 0.25) is 5.91 Å². The quantitative estimate of drug-likeness (QED) is 0.809. The summed E-state index contributed by atoms with van der Waals surface area (Å²) in [5.41, 5.74) is 0.910. The largest absolute Gasteiger partial charge is 0.480 e. The van der Waals surface area contributed by atoms with Crippen LogP contribution in [0.25, 0.3) is 0 Å². The Bertz CT molecular complexity index is 416. The van der Waals surface area contributed by atoms with Crippen molar-refractivity contribution in [2.75, 3.05) is 7.05 Å². The molecule has 0 saturated carbocycles. The number of amides is 1. The molecule has 1 N–H and O–H groups in total. The zero-order chi connectivity index (χ0) is 11.7. The number of benzene rings is 1. The predicted octanol–water partition coefficient (Wildman–Crippen LogP) is 1.09. The highest BCUT2D eigenvalue weighted by Gasteiger charge is 2.42. The number of rotatable bonds is 2. The van der Waals surface area contributed by atoms with Gasteiger partial charge in [-0.2, -0.15) is 0 Å². The lowest BCUT2D eigenvalue weighted by molar-refractivity contribution is -0.145. The SMILES string of the molecule is CN1C(=O)C[C@@H](c2ccccc2)[C@@H]1C(=O)O. The first-order valence-corrected chi connectivity index (χ1v) is 5.14. The fourth-order valence-corrected chi connectivity index (χ4v) is 2.21. The predicted molar refractivity (Wildman–Crippen MR) is 58.0 cm³/mol. The van der Waals surface area contributed by atoms with Crippen molar-refractivity contribution >= 4 is 11.9 Å². The Hall–Kier alpha value is -1.84. The van der Waals surface area contributed by atoms with Gasteiger partial charge in [0.1, 0.15) is 6.04 Å². The number of aliphatic carboxylic acids is 1. The van der Waals surface area contributed by atoms with Crippen molar-refractivity contribution in [1.29, 1.82) is 0 Å². The van der Waals surface area contributed by atoms with E-state index in [0.29, 0.717) is 0 Å². The van der Waals surface area contributed by atoms with E-state index in [1.165, 1.54) is 4.90 Å². The van der Waals surface area contributed by atoms with Crippen LogP contribution < -0.4 is 0 Å². The average Bonchev–Trinajstić information content (AvgIpc) is 2.57. The number of likely N-dealkylation sites (N-methyl/N-ethyl adjacent to an activating group) is 1. The van der Waals surface area contributed by atoms with Crippen LogP contribution in [0.15, 0.2) is 30.3 Å². The molecule has 0 radical (unpaired) electrons. The summed E-state index contributed by atoms with van der Waals surface area (Å²) in [5.74, 6) is -1.29. The molecule has 1 saturated heterocycles. The molecule has 1 fully saturated rings. The lowest BCUT2D eigenvalue weighted by atomic mass is 9.92. The van der Waals surface area contributed by atoms with Crippen LogP contribution in [0.2, 0.25) is 0 Å². The molecular formula is C12H13NO3. The van der Waals surface area contributed by atoms with Crippen LogP contribution in [0.4, 0.5) is 0 Å². The molecule has 1 aliphatic heterocycles. The Balaban J connectivity index is 2.34. The Morgan fingerprint density at radius 2 is 2.00 bits per heavy atom. The molecule has 0 aliphatic carbocycles. The number of carbonyl (C=O) groups excluding carboxylic acids is 1. The van der Waals surface area contributed by atoms with Crippen molar-refractivity contribution in [3.05, 3.63) is 35.9 Å². The fraction of sp³-hybridized carbons (Fsp3) is 0.333. The summed E-state index contributed by atoms with van der Waals surface area (Å²) < 4.78 is 0. The first-order valence-electron chi connectivity index (χ1n) is 5.14. The zero-order valence-corrected chi connectivity index (χ0v) is 8.96. The smallest absolute Gasteiger partial charge is 0.327 e. The molecule has 1 aromatic carbocycles. The van der Waals surface area contributed by atoms with Crippen LogP contribution in [-0.2, 0) is 9.59 Å². The highest BCUT2D eigenvalue weighted by Crippen LogP contribution is 2.33. The maximum Gasteiger partial charge on any atom is 0.327 e. The Kier molecular flexibility index (Phi) is 2.64. The van der Waals surface area contributed by atoms with Crippen LogP contribution in [-0.4, -0.2) is 35.0 Å².